The van der Waals surface area contributed by atoms with Crippen molar-refractivity contribution in [2.75, 3.05) is 43.0 Å². The number of halogens is 1. The van der Waals surface area contributed by atoms with Gasteiger partial charge in [0.05, 0.1) is 11.3 Å². The smallest absolute Gasteiger partial charge is 0.255 e. The SMILES string of the molecule is CN=c1cc(N2CCN(c3ccccc3)c3cc(C(=O)N4CCC(C)(F)CC4)cnc32)ccn1C(C)=O. The van der Waals surface area contributed by atoms with E-state index >= 15 is 0 Å². The Labute approximate surface area is 215 Å². The molecule has 9 heteroatoms. The van der Waals surface area contributed by atoms with Crippen LogP contribution in [0.5, 0.6) is 0 Å². The minimum Gasteiger partial charge on any atom is -0.338 e. The first-order chi connectivity index (χ1) is 17.8. The van der Waals surface area contributed by atoms with Crippen molar-refractivity contribution >= 4 is 34.7 Å². The largest absolute Gasteiger partial charge is 0.338 e. The number of anilines is 4. The summed E-state index contributed by atoms with van der Waals surface area (Å²) in [5.41, 5.74) is 2.48. The molecule has 0 radical (unpaired) electrons. The molecule has 2 aliphatic rings. The van der Waals surface area contributed by atoms with Gasteiger partial charge in [-0.25, -0.2) is 9.37 Å². The molecule has 2 aromatic heterocycles. The van der Waals surface area contributed by atoms with Crippen LogP contribution >= 0.6 is 0 Å². The number of amides is 1. The van der Waals surface area contributed by atoms with Crippen LogP contribution in [-0.4, -0.2) is 65.2 Å². The number of carbonyl (C=O) groups is 2. The highest BCUT2D eigenvalue weighted by Crippen LogP contribution is 2.40. The normalized spacial score (nSPS) is 17.5. The van der Waals surface area contributed by atoms with Gasteiger partial charge in [0.1, 0.15) is 11.2 Å². The van der Waals surface area contributed by atoms with Gasteiger partial charge in [0.2, 0.25) is 5.91 Å². The molecular weight excluding hydrogens is 471 g/mol. The summed E-state index contributed by atoms with van der Waals surface area (Å²) in [6, 6.07) is 15.6. The average Bonchev–Trinajstić information content (AvgIpc) is 2.91. The number of nitrogens with zero attached hydrogens (tertiary/aromatic N) is 6. The van der Waals surface area contributed by atoms with E-state index in [-0.39, 0.29) is 11.8 Å². The number of piperidine rings is 1. The Balaban J connectivity index is 1.55. The molecule has 2 aliphatic heterocycles. The fraction of sp³-hybridized carbons (Fsp3) is 0.357. The third kappa shape index (κ3) is 4.85. The number of benzene rings is 1. The van der Waals surface area contributed by atoms with Crippen LogP contribution in [0.15, 0.2) is 65.9 Å². The molecule has 0 atom stereocenters. The third-order valence-corrected chi connectivity index (χ3v) is 7.15. The lowest BCUT2D eigenvalue weighted by Crippen LogP contribution is -2.43. The van der Waals surface area contributed by atoms with Crippen molar-refractivity contribution in [1.29, 1.82) is 0 Å². The predicted octanol–water partition coefficient (Wildman–Crippen LogP) is 4.33. The molecule has 1 saturated heterocycles. The molecule has 0 saturated carbocycles. The van der Waals surface area contributed by atoms with Crippen LogP contribution in [0.2, 0.25) is 0 Å². The number of hydrogen-bond acceptors (Lipinski definition) is 6. The summed E-state index contributed by atoms with van der Waals surface area (Å²) in [4.78, 5) is 40.3. The summed E-state index contributed by atoms with van der Waals surface area (Å²) in [6.07, 6.45) is 3.99. The molecule has 0 aliphatic carbocycles. The van der Waals surface area contributed by atoms with Gasteiger partial charge in [-0.2, -0.15) is 0 Å². The van der Waals surface area contributed by atoms with Gasteiger partial charge < -0.3 is 14.7 Å². The fourth-order valence-electron chi connectivity index (χ4n) is 4.97. The second-order valence-electron chi connectivity index (χ2n) is 9.77. The lowest BCUT2D eigenvalue weighted by Gasteiger charge is -2.38. The second-order valence-corrected chi connectivity index (χ2v) is 9.77. The Hall–Kier alpha value is -4.01. The van der Waals surface area contributed by atoms with E-state index in [1.165, 1.54) is 11.5 Å². The van der Waals surface area contributed by atoms with E-state index in [4.69, 9.17) is 4.98 Å². The summed E-state index contributed by atoms with van der Waals surface area (Å²) >= 11 is 0. The molecule has 0 unspecified atom stereocenters. The number of para-hydroxylation sites is 1. The average molecular weight is 503 g/mol. The van der Waals surface area contributed by atoms with Gasteiger partial charge in [0.15, 0.2) is 5.82 Å². The van der Waals surface area contributed by atoms with E-state index in [2.05, 4.69) is 14.8 Å². The van der Waals surface area contributed by atoms with Crippen LogP contribution in [0.3, 0.4) is 0 Å². The zero-order valence-corrected chi connectivity index (χ0v) is 21.4. The van der Waals surface area contributed by atoms with Gasteiger partial charge in [-0.05, 0) is 44.0 Å². The maximum Gasteiger partial charge on any atom is 0.255 e. The Morgan fingerprint density at radius 3 is 2.35 bits per heavy atom. The highest BCUT2D eigenvalue weighted by atomic mass is 19.1. The van der Waals surface area contributed by atoms with Gasteiger partial charge in [0.25, 0.3) is 5.91 Å². The van der Waals surface area contributed by atoms with Crippen molar-refractivity contribution in [3.63, 3.8) is 0 Å². The maximum atomic E-state index is 14.3. The van der Waals surface area contributed by atoms with Crippen molar-refractivity contribution in [3.05, 3.63) is 72.0 Å². The Kier molecular flexibility index (Phi) is 6.54. The first-order valence-corrected chi connectivity index (χ1v) is 12.5. The van der Waals surface area contributed by atoms with Crippen molar-refractivity contribution in [1.82, 2.24) is 14.5 Å². The molecule has 5 rings (SSSR count). The van der Waals surface area contributed by atoms with Gasteiger partial charge in [0, 0.05) is 70.0 Å². The summed E-state index contributed by atoms with van der Waals surface area (Å²) in [7, 11) is 1.65. The minimum atomic E-state index is -1.23. The van der Waals surface area contributed by atoms with E-state index < -0.39 is 5.67 Å². The van der Waals surface area contributed by atoms with Crippen LogP contribution < -0.4 is 15.3 Å². The number of carbonyl (C=O) groups excluding carboxylic acids is 2. The summed E-state index contributed by atoms with van der Waals surface area (Å²) in [5, 5.41) is 0. The van der Waals surface area contributed by atoms with E-state index in [1.807, 2.05) is 48.5 Å². The lowest BCUT2D eigenvalue weighted by molar-refractivity contribution is 0.0503. The zero-order valence-electron chi connectivity index (χ0n) is 21.4. The van der Waals surface area contributed by atoms with Crippen LogP contribution in [0.1, 0.15) is 41.8 Å². The first kappa shape index (κ1) is 24.7. The van der Waals surface area contributed by atoms with Gasteiger partial charge in [-0.15, -0.1) is 0 Å². The molecule has 0 bridgehead atoms. The number of likely N-dealkylation sites (tertiary alicyclic amines) is 1. The molecular formula is C28H31FN6O2. The van der Waals surface area contributed by atoms with Crippen molar-refractivity contribution in [2.45, 2.75) is 32.4 Å². The Bertz CT molecular complexity index is 1390. The standard InChI is InChI=1S/C28H31FN6O2/c1-20(36)33-12-9-23(18-25(33)30-3)35-16-15-34(22-7-5-4-6-8-22)24-17-21(19-31-26(24)35)27(37)32-13-10-28(2,29)11-14-32/h4-9,12,17-19H,10-11,13-16H2,1-3H3. The monoisotopic (exact) mass is 502 g/mol. The summed E-state index contributed by atoms with van der Waals surface area (Å²) in [5.74, 6) is 0.461. The van der Waals surface area contributed by atoms with Crippen LogP contribution in [0.25, 0.3) is 0 Å². The molecule has 1 amide bonds. The third-order valence-electron chi connectivity index (χ3n) is 7.15. The number of alkyl halides is 1. The highest BCUT2D eigenvalue weighted by molar-refractivity contribution is 5.97. The molecule has 4 heterocycles. The van der Waals surface area contributed by atoms with Crippen molar-refractivity contribution in [3.8, 4) is 0 Å². The summed E-state index contributed by atoms with van der Waals surface area (Å²) < 4.78 is 15.8. The van der Waals surface area contributed by atoms with Crippen LogP contribution in [0.4, 0.5) is 27.3 Å². The molecule has 3 aromatic rings. The van der Waals surface area contributed by atoms with Gasteiger partial charge >= 0.3 is 0 Å². The summed E-state index contributed by atoms with van der Waals surface area (Å²) in [6.45, 7) is 5.19. The quantitative estimate of drug-likeness (QED) is 0.533. The highest BCUT2D eigenvalue weighted by Gasteiger charge is 2.33. The molecule has 8 nitrogen and oxygen atoms in total. The van der Waals surface area contributed by atoms with Crippen LogP contribution in [-0.2, 0) is 0 Å². The maximum absolute atomic E-state index is 14.3. The van der Waals surface area contributed by atoms with E-state index in [0.717, 1.165) is 17.1 Å². The van der Waals surface area contributed by atoms with E-state index in [1.54, 1.807) is 31.3 Å². The van der Waals surface area contributed by atoms with Crippen molar-refractivity contribution in [2.24, 2.45) is 4.99 Å². The number of aromatic nitrogens is 2. The molecule has 0 spiro atoms. The Morgan fingerprint density at radius 1 is 0.973 bits per heavy atom. The molecule has 1 aromatic carbocycles. The number of fused-ring (bicyclic) bond motifs is 1. The zero-order chi connectivity index (χ0) is 26.2. The fourth-order valence-corrected chi connectivity index (χ4v) is 4.97. The van der Waals surface area contributed by atoms with Crippen molar-refractivity contribution < 1.29 is 14.0 Å². The van der Waals surface area contributed by atoms with Crippen LogP contribution in [0, 0.1) is 0 Å². The molecule has 1 fully saturated rings. The number of hydrogen-bond donors (Lipinski definition) is 0. The number of pyridine rings is 2. The first-order valence-electron chi connectivity index (χ1n) is 12.5. The molecule has 192 valence electrons. The minimum absolute atomic E-state index is 0.117. The van der Waals surface area contributed by atoms with E-state index in [0.29, 0.717) is 55.9 Å². The molecule has 0 N–H and O–H groups in total. The van der Waals surface area contributed by atoms with Gasteiger partial charge in [-0.3, -0.25) is 19.1 Å². The lowest BCUT2D eigenvalue weighted by atomic mass is 9.95. The topological polar surface area (TPSA) is 74.0 Å². The number of rotatable bonds is 3. The predicted molar refractivity (Wildman–Crippen MR) is 142 cm³/mol. The molecule has 37 heavy (non-hydrogen) atoms. The van der Waals surface area contributed by atoms with Gasteiger partial charge in [-0.1, -0.05) is 18.2 Å². The second kappa shape index (κ2) is 9.80. The Morgan fingerprint density at radius 2 is 1.68 bits per heavy atom. The van der Waals surface area contributed by atoms with E-state index in [9.17, 15) is 14.0 Å².